The quantitative estimate of drug-likeness (QED) is 0.877. The number of benzene rings is 2. The third-order valence-corrected chi connectivity index (χ3v) is 3.05. The van der Waals surface area contributed by atoms with Crippen LogP contribution in [0.2, 0.25) is 0 Å². The fraction of sp³-hybridized carbons (Fsp3) is 0.143. The average molecular weight is 277 g/mol. The fourth-order valence-corrected chi connectivity index (χ4v) is 2.03. The molecule has 0 unspecified atom stereocenters. The molecular formula is C14H13BrO. The molecule has 0 spiro atoms. The summed E-state index contributed by atoms with van der Waals surface area (Å²) in [5.41, 5.74) is 3.40. The highest BCUT2D eigenvalue weighted by atomic mass is 79.9. The molecule has 2 heteroatoms. The molecule has 82 valence electrons. The van der Waals surface area contributed by atoms with Gasteiger partial charge in [0, 0.05) is 10.9 Å². The van der Waals surface area contributed by atoms with Crippen molar-refractivity contribution in [2.75, 3.05) is 0 Å². The van der Waals surface area contributed by atoms with E-state index in [1.54, 1.807) is 6.07 Å². The summed E-state index contributed by atoms with van der Waals surface area (Å²) in [5.74, 6) is 0.351. The molecule has 0 fully saturated rings. The standard InChI is InChI=1S/C14H13BrO/c1-10-2-4-11(5-3-10)8-12-9-13(15)6-7-14(12)16/h2-7,9,16H,8H2,1H3. The minimum Gasteiger partial charge on any atom is -0.508 e. The summed E-state index contributed by atoms with van der Waals surface area (Å²) in [6.45, 7) is 2.07. The van der Waals surface area contributed by atoms with Gasteiger partial charge in [-0.1, -0.05) is 45.8 Å². The molecule has 0 aliphatic heterocycles. The molecule has 0 aliphatic rings. The lowest BCUT2D eigenvalue weighted by Crippen LogP contribution is -1.89. The SMILES string of the molecule is Cc1ccc(Cc2cc(Br)ccc2O)cc1. The van der Waals surface area contributed by atoms with E-state index in [1.165, 1.54) is 11.1 Å². The number of aromatic hydroxyl groups is 1. The number of hydrogen-bond acceptors (Lipinski definition) is 1. The maximum absolute atomic E-state index is 9.73. The van der Waals surface area contributed by atoms with Gasteiger partial charge >= 0.3 is 0 Å². The van der Waals surface area contributed by atoms with E-state index in [2.05, 4.69) is 47.1 Å². The Kier molecular flexibility index (Phi) is 3.30. The van der Waals surface area contributed by atoms with Crippen molar-refractivity contribution < 1.29 is 5.11 Å². The molecule has 0 bridgehead atoms. The summed E-state index contributed by atoms with van der Waals surface area (Å²) < 4.78 is 0.993. The van der Waals surface area contributed by atoms with Gasteiger partial charge in [-0.05, 0) is 36.2 Å². The van der Waals surface area contributed by atoms with E-state index < -0.39 is 0 Å². The Hall–Kier alpha value is -1.28. The van der Waals surface area contributed by atoms with Crippen molar-refractivity contribution in [3.63, 3.8) is 0 Å². The Morgan fingerprint density at radius 2 is 1.75 bits per heavy atom. The molecule has 0 radical (unpaired) electrons. The van der Waals surface area contributed by atoms with E-state index in [-0.39, 0.29) is 0 Å². The van der Waals surface area contributed by atoms with Crippen LogP contribution >= 0.6 is 15.9 Å². The molecule has 0 aromatic heterocycles. The number of rotatable bonds is 2. The lowest BCUT2D eigenvalue weighted by molar-refractivity contribution is 0.469. The number of phenols is 1. The average Bonchev–Trinajstić information content (AvgIpc) is 2.27. The largest absolute Gasteiger partial charge is 0.508 e. The van der Waals surface area contributed by atoms with Gasteiger partial charge in [0.2, 0.25) is 0 Å². The van der Waals surface area contributed by atoms with Crippen LogP contribution in [0.4, 0.5) is 0 Å². The topological polar surface area (TPSA) is 20.2 Å². The molecule has 1 N–H and O–H groups in total. The predicted molar refractivity (Wildman–Crippen MR) is 69.8 cm³/mol. The lowest BCUT2D eigenvalue weighted by Gasteiger charge is -2.05. The van der Waals surface area contributed by atoms with E-state index in [0.29, 0.717) is 5.75 Å². The maximum atomic E-state index is 9.73. The van der Waals surface area contributed by atoms with Gasteiger partial charge in [-0.2, -0.15) is 0 Å². The zero-order valence-corrected chi connectivity index (χ0v) is 10.7. The first-order chi connectivity index (χ1) is 7.65. The van der Waals surface area contributed by atoms with Crippen molar-refractivity contribution in [3.05, 3.63) is 63.6 Å². The van der Waals surface area contributed by atoms with E-state index in [1.807, 2.05) is 12.1 Å². The molecule has 2 rings (SSSR count). The molecule has 0 heterocycles. The van der Waals surface area contributed by atoms with Gasteiger partial charge in [0.15, 0.2) is 0 Å². The van der Waals surface area contributed by atoms with Gasteiger partial charge in [-0.25, -0.2) is 0 Å². The second kappa shape index (κ2) is 4.71. The first-order valence-electron chi connectivity index (χ1n) is 5.18. The fourth-order valence-electron chi connectivity index (χ4n) is 1.62. The Bertz CT molecular complexity index is 489. The van der Waals surface area contributed by atoms with Crippen LogP contribution in [0.3, 0.4) is 0 Å². The molecule has 0 saturated heterocycles. The van der Waals surface area contributed by atoms with E-state index in [9.17, 15) is 5.11 Å². The van der Waals surface area contributed by atoms with Crippen LogP contribution in [0.1, 0.15) is 16.7 Å². The number of halogens is 1. The van der Waals surface area contributed by atoms with E-state index in [4.69, 9.17) is 0 Å². The third kappa shape index (κ3) is 2.64. The van der Waals surface area contributed by atoms with Gasteiger partial charge in [0.05, 0.1) is 0 Å². The van der Waals surface area contributed by atoms with Crippen LogP contribution in [-0.4, -0.2) is 5.11 Å². The van der Waals surface area contributed by atoms with Gasteiger partial charge in [0.25, 0.3) is 0 Å². The number of aryl methyl sites for hydroxylation is 1. The summed E-state index contributed by atoms with van der Waals surface area (Å²) in [7, 11) is 0. The monoisotopic (exact) mass is 276 g/mol. The van der Waals surface area contributed by atoms with Crippen LogP contribution < -0.4 is 0 Å². The second-order valence-corrected chi connectivity index (χ2v) is 4.85. The van der Waals surface area contributed by atoms with Crippen molar-refractivity contribution in [1.82, 2.24) is 0 Å². The first-order valence-corrected chi connectivity index (χ1v) is 5.97. The molecule has 1 nitrogen and oxygen atoms in total. The molecule has 16 heavy (non-hydrogen) atoms. The van der Waals surface area contributed by atoms with Gasteiger partial charge < -0.3 is 5.11 Å². The van der Waals surface area contributed by atoms with E-state index >= 15 is 0 Å². The molecule has 0 atom stereocenters. The Morgan fingerprint density at radius 3 is 2.44 bits per heavy atom. The molecule has 2 aromatic rings. The third-order valence-electron chi connectivity index (χ3n) is 2.56. The summed E-state index contributed by atoms with van der Waals surface area (Å²) in [4.78, 5) is 0. The van der Waals surface area contributed by atoms with Crippen LogP contribution in [-0.2, 0) is 6.42 Å². The highest BCUT2D eigenvalue weighted by Crippen LogP contribution is 2.24. The van der Waals surface area contributed by atoms with Crippen LogP contribution in [0.25, 0.3) is 0 Å². The normalized spacial score (nSPS) is 10.4. The van der Waals surface area contributed by atoms with Crippen molar-refractivity contribution in [3.8, 4) is 5.75 Å². The zero-order chi connectivity index (χ0) is 11.5. The molecule has 0 amide bonds. The predicted octanol–water partition coefficient (Wildman–Crippen LogP) is 4.05. The van der Waals surface area contributed by atoms with Crippen LogP contribution in [0, 0.1) is 6.92 Å². The maximum Gasteiger partial charge on any atom is 0.119 e. The zero-order valence-electron chi connectivity index (χ0n) is 9.07. The molecular weight excluding hydrogens is 264 g/mol. The Balaban J connectivity index is 2.26. The van der Waals surface area contributed by atoms with Crippen molar-refractivity contribution in [2.24, 2.45) is 0 Å². The summed E-state index contributed by atoms with van der Waals surface area (Å²) >= 11 is 3.41. The van der Waals surface area contributed by atoms with Gasteiger partial charge in [-0.3, -0.25) is 0 Å². The number of hydrogen-bond donors (Lipinski definition) is 1. The first kappa shape index (κ1) is 11.2. The Morgan fingerprint density at radius 1 is 1.06 bits per heavy atom. The summed E-state index contributed by atoms with van der Waals surface area (Å²) in [6.07, 6.45) is 0.756. The molecule has 0 aliphatic carbocycles. The lowest BCUT2D eigenvalue weighted by atomic mass is 10.0. The smallest absolute Gasteiger partial charge is 0.119 e. The highest BCUT2D eigenvalue weighted by Gasteiger charge is 2.03. The second-order valence-electron chi connectivity index (χ2n) is 3.94. The van der Waals surface area contributed by atoms with Crippen LogP contribution in [0.5, 0.6) is 5.75 Å². The molecule has 0 saturated carbocycles. The minimum atomic E-state index is 0.351. The van der Waals surface area contributed by atoms with Crippen molar-refractivity contribution in [2.45, 2.75) is 13.3 Å². The van der Waals surface area contributed by atoms with E-state index in [0.717, 1.165) is 16.5 Å². The molecule has 2 aromatic carbocycles. The highest BCUT2D eigenvalue weighted by molar-refractivity contribution is 9.10. The minimum absolute atomic E-state index is 0.351. The summed E-state index contributed by atoms with van der Waals surface area (Å²) in [6, 6.07) is 13.9. The van der Waals surface area contributed by atoms with Gasteiger partial charge in [0.1, 0.15) is 5.75 Å². The Labute approximate surface area is 104 Å². The van der Waals surface area contributed by atoms with Gasteiger partial charge in [-0.15, -0.1) is 0 Å². The van der Waals surface area contributed by atoms with Crippen LogP contribution in [0.15, 0.2) is 46.9 Å². The summed E-state index contributed by atoms with van der Waals surface area (Å²) in [5, 5.41) is 9.73. The number of phenolic OH excluding ortho intramolecular Hbond substituents is 1. The van der Waals surface area contributed by atoms with Crippen molar-refractivity contribution >= 4 is 15.9 Å². The van der Waals surface area contributed by atoms with Crippen molar-refractivity contribution in [1.29, 1.82) is 0 Å².